The highest BCUT2D eigenvalue weighted by Crippen LogP contribution is 2.34. The van der Waals surface area contributed by atoms with Crippen LogP contribution in [-0.2, 0) is 17.6 Å². The van der Waals surface area contributed by atoms with Gasteiger partial charge in [0.05, 0.1) is 22.4 Å². The van der Waals surface area contributed by atoms with Crippen molar-refractivity contribution in [2.45, 2.75) is 50.7 Å². The summed E-state index contributed by atoms with van der Waals surface area (Å²) < 4.78 is 21.4. The van der Waals surface area contributed by atoms with Crippen LogP contribution in [0.2, 0.25) is 5.02 Å². The van der Waals surface area contributed by atoms with E-state index in [4.69, 9.17) is 16.3 Å². The summed E-state index contributed by atoms with van der Waals surface area (Å²) in [6.07, 6.45) is 5.71. The van der Waals surface area contributed by atoms with Crippen LogP contribution in [0.4, 0.5) is 4.39 Å². The van der Waals surface area contributed by atoms with Crippen LogP contribution >= 0.6 is 23.4 Å². The Morgan fingerprint density at radius 2 is 2.08 bits per heavy atom. The highest BCUT2D eigenvalue weighted by atomic mass is 35.5. The molecule has 1 aromatic carbocycles. The maximum Gasteiger partial charge on any atom is 0.339 e. The van der Waals surface area contributed by atoms with E-state index < -0.39 is 11.8 Å². The average Bonchev–Trinajstić information content (AvgIpc) is 2.92. The van der Waals surface area contributed by atoms with Crippen LogP contribution in [0.15, 0.2) is 17.2 Å². The fourth-order valence-electron chi connectivity index (χ4n) is 3.03. The molecular weight excluding hydrogens is 363 g/mol. The van der Waals surface area contributed by atoms with Gasteiger partial charge in [0.15, 0.2) is 0 Å². The number of fused-ring (bicyclic) bond motifs is 1. The van der Waals surface area contributed by atoms with Crippen LogP contribution in [0.1, 0.15) is 48.3 Å². The number of ether oxygens (including phenoxy) is 1. The molecule has 0 spiro atoms. The monoisotopic (exact) mass is 382 g/mol. The lowest BCUT2D eigenvalue weighted by molar-refractivity contribution is 0.0378. The third kappa shape index (κ3) is 3.55. The lowest BCUT2D eigenvalue weighted by Crippen LogP contribution is -2.13. The number of carbonyl (C=O) groups excluding carboxylic acids is 1. The molecule has 0 fully saturated rings. The lowest BCUT2D eigenvalue weighted by Gasteiger charge is -2.13. The number of benzene rings is 1. The van der Waals surface area contributed by atoms with Crippen LogP contribution in [0, 0.1) is 5.82 Å². The number of aromatic nitrogens is 2. The minimum Gasteiger partial charge on any atom is -0.459 e. The van der Waals surface area contributed by atoms with Gasteiger partial charge in [-0.15, -0.1) is 11.8 Å². The topological polar surface area (TPSA) is 44.1 Å². The normalized spacial score (nSPS) is 13.8. The van der Waals surface area contributed by atoms with E-state index in [1.54, 1.807) is 18.5 Å². The van der Waals surface area contributed by atoms with Crippen LogP contribution in [-0.4, -0.2) is 28.1 Å². The van der Waals surface area contributed by atoms with E-state index in [0.717, 1.165) is 42.5 Å². The van der Waals surface area contributed by atoms with Gasteiger partial charge in [-0.05, 0) is 57.9 Å². The first-order valence-corrected chi connectivity index (χ1v) is 9.87. The molecule has 25 heavy (non-hydrogen) atoms. The molecule has 0 amide bonds. The molecule has 4 nitrogen and oxygen atoms in total. The van der Waals surface area contributed by atoms with Crippen molar-refractivity contribution in [3.8, 4) is 5.69 Å². The molecule has 1 aliphatic rings. The first-order chi connectivity index (χ1) is 11.9. The molecule has 7 heteroatoms. The summed E-state index contributed by atoms with van der Waals surface area (Å²) in [5.74, 6) is -1.08. The van der Waals surface area contributed by atoms with Gasteiger partial charge in [0.25, 0.3) is 0 Å². The number of rotatable bonds is 4. The molecule has 0 bridgehead atoms. The van der Waals surface area contributed by atoms with Crippen LogP contribution in [0.25, 0.3) is 5.69 Å². The molecule has 2 aromatic rings. The van der Waals surface area contributed by atoms with Crippen LogP contribution in [0.5, 0.6) is 0 Å². The minimum atomic E-state index is -0.566. The minimum absolute atomic E-state index is 0.0366. The van der Waals surface area contributed by atoms with Gasteiger partial charge in [0, 0.05) is 5.56 Å². The van der Waals surface area contributed by atoms with Gasteiger partial charge in [0.2, 0.25) is 0 Å². The zero-order chi connectivity index (χ0) is 18.1. The van der Waals surface area contributed by atoms with E-state index in [1.807, 2.05) is 6.26 Å². The van der Waals surface area contributed by atoms with Gasteiger partial charge >= 0.3 is 5.97 Å². The van der Waals surface area contributed by atoms with Gasteiger partial charge in [-0.1, -0.05) is 11.6 Å². The summed E-state index contributed by atoms with van der Waals surface area (Å²) in [5, 5.41) is 5.56. The van der Waals surface area contributed by atoms with Crippen molar-refractivity contribution in [2.24, 2.45) is 0 Å². The summed E-state index contributed by atoms with van der Waals surface area (Å²) in [6, 6.07) is 2.58. The second kappa shape index (κ2) is 7.38. The summed E-state index contributed by atoms with van der Waals surface area (Å²) >= 11 is 7.60. The summed E-state index contributed by atoms with van der Waals surface area (Å²) in [4.78, 5) is 12.3. The number of halogens is 2. The zero-order valence-electron chi connectivity index (χ0n) is 14.4. The standard InChI is InChI=1S/C18H20ClFN2O2S/c1-10(2)24-18(23)12-8-16(14(20)9-13(12)19)22-17(25-3)11-6-4-5-7-15(11)21-22/h8-10H,4-7H2,1-3H3. The van der Waals surface area contributed by atoms with Crippen molar-refractivity contribution in [3.05, 3.63) is 39.8 Å². The van der Waals surface area contributed by atoms with Crippen molar-refractivity contribution in [3.63, 3.8) is 0 Å². The Morgan fingerprint density at radius 1 is 1.36 bits per heavy atom. The zero-order valence-corrected chi connectivity index (χ0v) is 16.0. The highest BCUT2D eigenvalue weighted by molar-refractivity contribution is 7.98. The van der Waals surface area contributed by atoms with Crippen molar-refractivity contribution in [1.29, 1.82) is 0 Å². The molecule has 0 radical (unpaired) electrons. The van der Waals surface area contributed by atoms with E-state index in [9.17, 15) is 9.18 Å². The maximum absolute atomic E-state index is 14.6. The molecule has 1 heterocycles. The van der Waals surface area contributed by atoms with Gasteiger partial charge in [-0.3, -0.25) is 0 Å². The largest absolute Gasteiger partial charge is 0.459 e. The lowest BCUT2D eigenvalue weighted by atomic mass is 9.98. The molecular formula is C18H20ClFN2O2S. The van der Waals surface area contributed by atoms with E-state index >= 15 is 0 Å². The molecule has 0 saturated heterocycles. The second-order valence-electron chi connectivity index (χ2n) is 6.29. The summed E-state index contributed by atoms with van der Waals surface area (Å²) in [6.45, 7) is 3.51. The smallest absolute Gasteiger partial charge is 0.339 e. The van der Waals surface area contributed by atoms with E-state index in [1.165, 1.54) is 23.4 Å². The van der Waals surface area contributed by atoms with Gasteiger partial charge in [-0.25, -0.2) is 13.9 Å². The summed E-state index contributed by atoms with van der Waals surface area (Å²) in [5.41, 5.74) is 2.56. The molecule has 0 atom stereocenters. The molecule has 1 aliphatic carbocycles. The number of hydrogen-bond acceptors (Lipinski definition) is 4. The number of carbonyl (C=O) groups is 1. The first-order valence-electron chi connectivity index (χ1n) is 8.27. The van der Waals surface area contributed by atoms with E-state index in [-0.39, 0.29) is 22.4 Å². The first kappa shape index (κ1) is 18.3. The second-order valence-corrected chi connectivity index (χ2v) is 7.49. The fourth-order valence-corrected chi connectivity index (χ4v) is 4.04. The Kier molecular flexibility index (Phi) is 5.39. The predicted molar refractivity (Wildman–Crippen MR) is 97.5 cm³/mol. The number of esters is 1. The number of thioether (sulfide) groups is 1. The van der Waals surface area contributed by atoms with Gasteiger partial charge < -0.3 is 4.74 Å². The molecule has 0 aliphatic heterocycles. The van der Waals surface area contributed by atoms with Crippen molar-refractivity contribution in [2.75, 3.05) is 6.26 Å². The van der Waals surface area contributed by atoms with Crippen LogP contribution < -0.4 is 0 Å². The Bertz CT molecular complexity index is 820. The number of aryl methyl sites for hydroxylation is 1. The van der Waals surface area contributed by atoms with Crippen LogP contribution in [0.3, 0.4) is 0 Å². The number of hydrogen-bond donors (Lipinski definition) is 0. The fraction of sp³-hybridized carbons (Fsp3) is 0.444. The number of nitrogens with zero attached hydrogens (tertiary/aromatic N) is 2. The average molecular weight is 383 g/mol. The third-order valence-corrected chi connectivity index (χ3v) is 5.25. The Balaban J connectivity index is 2.11. The van der Waals surface area contributed by atoms with E-state index in [0.29, 0.717) is 0 Å². The highest BCUT2D eigenvalue weighted by Gasteiger charge is 2.24. The Morgan fingerprint density at radius 3 is 2.76 bits per heavy atom. The van der Waals surface area contributed by atoms with Gasteiger partial charge in [0.1, 0.15) is 16.5 Å². The van der Waals surface area contributed by atoms with Gasteiger partial charge in [-0.2, -0.15) is 5.10 Å². The molecule has 0 unspecified atom stereocenters. The molecule has 0 N–H and O–H groups in total. The summed E-state index contributed by atoms with van der Waals surface area (Å²) in [7, 11) is 0. The molecule has 0 saturated carbocycles. The van der Waals surface area contributed by atoms with Crippen molar-refractivity contribution < 1.29 is 13.9 Å². The molecule has 3 rings (SSSR count). The molecule has 134 valence electrons. The van der Waals surface area contributed by atoms with Crippen molar-refractivity contribution >= 4 is 29.3 Å². The Hall–Kier alpha value is -1.53. The van der Waals surface area contributed by atoms with E-state index in [2.05, 4.69) is 5.10 Å². The maximum atomic E-state index is 14.6. The molecule has 1 aromatic heterocycles. The third-order valence-electron chi connectivity index (χ3n) is 4.13. The quantitative estimate of drug-likeness (QED) is 0.561. The Labute approximate surface area is 155 Å². The SMILES string of the molecule is CSc1c2c(nn1-c1cc(C(=O)OC(C)C)c(Cl)cc1F)CCCC2. The predicted octanol–water partition coefficient (Wildman–Crippen LogP) is 4.83. The van der Waals surface area contributed by atoms with Crippen molar-refractivity contribution in [1.82, 2.24) is 9.78 Å².